The second-order valence-corrected chi connectivity index (χ2v) is 8.52. The molecule has 1 radical (unpaired) electrons. The maximum atomic E-state index is 11.1. The Labute approximate surface area is 100 Å². The molecule has 1 aromatic rings. The average Bonchev–Trinajstić information content (AvgIpc) is 2.13. The number of hydrogen-bond acceptors (Lipinski definition) is 5. The molecule has 0 saturated carbocycles. The Morgan fingerprint density at radius 2 is 2.19 bits per heavy atom. The van der Waals surface area contributed by atoms with Crippen LogP contribution in [0.25, 0.3) is 0 Å². The molecule has 0 aliphatic rings. The molecule has 0 atom stereocenters. The molecule has 0 aliphatic heterocycles. The van der Waals surface area contributed by atoms with Crippen LogP contribution in [0.5, 0.6) is 0 Å². The Morgan fingerprint density at radius 3 is 2.69 bits per heavy atom. The first-order chi connectivity index (χ1) is 7.29. The van der Waals surface area contributed by atoms with E-state index in [1.807, 2.05) is 0 Å². The summed E-state index contributed by atoms with van der Waals surface area (Å²) in [6, 6.07) is 0. The van der Waals surface area contributed by atoms with Crippen molar-refractivity contribution in [1.82, 2.24) is 9.97 Å². The van der Waals surface area contributed by atoms with Crippen molar-refractivity contribution in [2.24, 2.45) is 5.73 Å². The molecule has 0 bridgehead atoms. The van der Waals surface area contributed by atoms with Gasteiger partial charge in [0.25, 0.3) is 0 Å². The van der Waals surface area contributed by atoms with Crippen LogP contribution in [0.15, 0.2) is 6.20 Å². The molecular weight excluding hydrogens is 293 g/mol. The Kier molecular flexibility index (Phi) is 4.04. The van der Waals surface area contributed by atoms with Crippen molar-refractivity contribution in [2.75, 3.05) is 10.8 Å². The molecule has 1 rings (SSSR count). The Balaban J connectivity index is 3.01. The summed E-state index contributed by atoms with van der Waals surface area (Å²) in [7, 11) is -3.05. The van der Waals surface area contributed by atoms with E-state index in [4.69, 9.17) is 5.73 Å². The van der Waals surface area contributed by atoms with Gasteiger partial charge >= 0.3 is 100 Å². The van der Waals surface area contributed by atoms with E-state index in [2.05, 4.69) is 9.97 Å². The third-order valence-corrected chi connectivity index (χ3v) is 7.31. The van der Waals surface area contributed by atoms with Gasteiger partial charge in [-0.1, -0.05) is 0 Å². The second-order valence-electron chi connectivity index (χ2n) is 3.23. The molecule has 2 N–H and O–H groups in total. The maximum absolute atomic E-state index is 11.1. The van der Waals surface area contributed by atoms with Crippen LogP contribution in [0.2, 0.25) is 0 Å². The first kappa shape index (κ1) is 13.1. The van der Waals surface area contributed by atoms with Crippen molar-refractivity contribution in [3.63, 3.8) is 0 Å². The van der Waals surface area contributed by atoms with Gasteiger partial charge in [-0.15, -0.1) is 0 Å². The van der Waals surface area contributed by atoms with E-state index in [0.717, 1.165) is 6.26 Å². The molecular formula is C8H11AsN3O3S. The summed E-state index contributed by atoms with van der Waals surface area (Å²) < 4.78 is 22.6. The summed E-state index contributed by atoms with van der Waals surface area (Å²) in [6.45, 7) is 1.68. The van der Waals surface area contributed by atoms with E-state index in [1.165, 1.54) is 6.20 Å². The predicted molar refractivity (Wildman–Crippen MR) is 60.4 cm³/mol. The van der Waals surface area contributed by atoms with Crippen molar-refractivity contribution in [3.05, 3.63) is 17.6 Å². The number of hydrogen-bond donors (Lipinski definition) is 1. The predicted octanol–water partition coefficient (Wildman–Crippen LogP) is -1.78. The van der Waals surface area contributed by atoms with E-state index in [0.29, 0.717) is 10.3 Å². The van der Waals surface area contributed by atoms with Crippen molar-refractivity contribution >= 4 is 36.0 Å². The second kappa shape index (κ2) is 4.93. The van der Waals surface area contributed by atoms with Gasteiger partial charge in [-0.2, -0.15) is 0 Å². The standard InChI is InChI=1S/C8H11AsN3O3S/c1-5-11-3-6(8(10)13)7(12-5)9-4-16(2,14)15/h3H,4H2,1-2H3,(H2,10,13). The zero-order valence-corrected chi connectivity index (χ0v) is 11.5. The molecule has 0 fully saturated rings. The van der Waals surface area contributed by atoms with Crippen molar-refractivity contribution in [2.45, 2.75) is 6.92 Å². The number of rotatable bonds is 4. The van der Waals surface area contributed by atoms with Gasteiger partial charge in [0, 0.05) is 0 Å². The zero-order chi connectivity index (χ0) is 12.3. The topological polar surface area (TPSA) is 103 Å². The third kappa shape index (κ3) is 3.90. The van der Waals surface area contributed by atoms with E-state index >= 15 is 0 Å². The van der Waals surface area contributed by atoms with Crippen LogP contribution in [-0.2, 0) is 9.84 Å². The van der Waals surface area contributed by atoms with Gasteiger partial charge in [-0.05, 0) is 0 Å². The van der Waals surface area contributed by atoms with Crippen LogP contribution >= 0.6 is 0 Å². The van der Waals surface area contributed by atoms with Gasteiger partial charge in [-0.3, -0.25) is 0 Å². The molecule has 0 unspecified atom stereocenters. The van der Waals surface area contributed by atoms with Crippen LogP contribution in [0, 0.1) is 6.92 Å². The average molecular weight is 304 g/mol. The first-order valence-electron chi connectivity index (χ1n) is 4.28. The fourth-order valence-electron chi connectivity index (χ4n) is 0.931. The molecule has 1 aromatic heterocycles. The van der Waals surface area contributed by atoms with Crippen LogP contribution in [0.4, 0.5) is 0 Å². The Morgan fingerprint density at radius 1 is 1.56 bits per heavy atom. The Hall–Kier alpha value is -0.942. The fourth-order valence-corrected chi connectivity index (χ4v) is 4.70. The molecule has 0 aromatic carbocycles. The molecule has 8 heteroatoms. The first-order valence-corrected chi connectivity index (χ1v) is 8.61. The number of amides is 1. The molecule has 0 spiro atoms. The van der Waals surface area contributed by atoms with Crippen LogP contribution in [0.1, 0.15) is 16.2 Å². The quantitative estimate of drug-likeness (QED) is 0.662. The zero-order valence-electron chi connectivity index (χ0n) is 8.84. The molecule has 0 aliphatic carbocycles. The number of nitrogens with zero attached hydrogens (tertiary/aromatic N) is 2. The SMILES string of the molecule is Cc1ncc(C(N)=O)c([As]CS(C)(=O)=O)n1. The summed E-state index contributed by atoms with van der Waals surface area (Å²) in [5, 5.41) is 0. The monoisotopic (exact) mass is 304 g/mol. The van der Waals surface area contributed by atoms with Gasteiger partial charge in [0.1, 0.15) is 0 Å². The molecule has 1 amide bonds. The van der Waals surface area contributed by atoms with Crippen LogP contribution < -0.4 is 10.2 Å². The summed E-state index contributed by atoms with van der Waals surface area (Å²) >= 11 is -0.721. The molecule has 0 saturated heterocycles. The van der Waals surface area contributed by atoms with Crippen molar-refractivity contribution in [1.29, 1.82) is 0 Å². The normalized spacial score (nSPS) is 12.1. The summed E-state index contributed by atoms with van der Waals surface area (Å²) in [5.41, 5.74) is 5.37. The van der Waals surface area contributed by atoms with Crippen molar-refractivity contribution < 1.29 is 13.2 Å². The molecule has 16 heavy (non-hydrogen) atoms. The number of primary amides is 1. The van der Waals surface area contributed by atoms with Gasteiger partial charge in [0.15, 0.2) is 0 Å². The third-order valence-electron chi connectivity index (χ3n) is 1.60. The number of carbonyl (C=O) groups excluding carboxylic acids is 1. The number of aryl methyl sites for hydroxylation is 1. The minimum absolute atomic E-state index is 0.0280. The summed E-state index contributed by atoms with van der Waals surface area (Å²) in [4.78, 5) is 19.0. The number of sulfone groups is 1. The van der Waals surface area contributed by atoms with Gasteiger partial charge in [-0.25, -0.2) is 0 Å². The molecule has 6 nitrogen and oxygen atoms in total. The number of nitrogens with two attached hydrogens (primary N) is 1. The van der Waals surface area contributed by atoms with Gasteiger partial charge < -0.3 is 0 Å². The van der Waals surface area contributed by atoms with E-state index in [9.17, 15) is 13.2 Å². The van der Waals surface area contributed by atoms with E-state index < -0.39 is 31.5 Å². The molecule has 87 valence electrons. The number of carbonyl (C=O) groups is 1. The van der Waals surface area contributed by atoms with Crippen LogP contribution in [-0.4, -0.2) is 50.8 Å². The van der Waals surface area contributed by atoms with E-state index in [1.54, 1.807) is 6.92 Å². The van der Waals surface area contributed by atoms with Gasteiger partial charge in [0.05, 0.1) is 0 Å². The Bertz CT molecular complexity index is 515. The van der Waals surface area contributed by atoms with Crippen molar-refractivity contribution in [3.8, 4) is 0 Å². The van der Waals surface area contributed by atoms with Crippen LogP contribution in [0.3, 0.4) is 0 Å². The molecule has 1 heterocycles. The summed E-state index contributed by atoms with van der Waals surface area (Å²) in [6.07, 6.45) is 2.50. The summed E-state index contributed by atoms with van der Waals surface area (Å²) in [5.74, 6) is -0.123. The minimum atomic E-state index is -3.05. The van der Waals surface area contributed by atoms with E-state index in [-0.39, 0.29) is 10.1 Å². The van der Waals surface area contributed by atoms with Gasteiger partial charge in [0.2, 0.25) is 0 Å². The fraction of sp³-hybridized carbons (Fsp3) is 0.375. The number of aromatic nitrogens is 2.